The summed E-state index contributed by atoms with van der Waals surface area (Å²) in [7, 11) is 0. The van der Waals surface area contributed by atoms with Crippen LogP contribution in [-0.2, 0) is 25.4 Å². The van der Waals surface area contributed by atoms with E-state index in [4.69, 9.17) is 9.97 Å². The number of rotatable bonds is 8. The Kier molecular flexibility index (Phi) is 6.62. The number of nitrogens with one attached hydrogen (secondary N) is 1. The fourth-order valence-electron chi connectivity index (χ4n) is 4.02. The summed E-state index contributed by atoms with van der Waals surface area (Å²) >= 11 is 2.95. The number of hydrogen-bond donors (Lipinski definition) is 1. The lowest BCUT2D eigenvalue weighted by molar-refractivity contribution is 0.613. The lowest BCUT2D eigenvalue weighted by atomic mass is 10.2. The normalized spacial score (nSPS) is 11.8. The number of hydrogen-bond acceptors (Lipinski definition) is 7. The van der Waals surface area contributed by atoms with Gasteiger partial charge in [-0.2, -0.15) is 0 Å². The van der Waals surface area contributed by atoms with Gasteiger partial charge in [-0.15, -0.1) is 11.3 Å². The van der Waals surface area contributed by atoms with E-state index in [2.05, 4.69) is 4.98 Å². The molecule has 0 atom stereocenters. The molecule has 0 saturated heterocycles. The van der Waals surface area contributed by atoms with Crippen molar-refractivity contribution in [3.63, 3.8) is 0 Å². The van der Waals surface area contributed by atoms with Crippen molar-refractivity contribution in [2.45, 2.75) is 78.0 Å². The van der Waals surface area contributed by atoms with Crippen LogP contribution < -0.4 is 16.8 Å². The maximum Gasteiger partial charge on any atom is 0.330 e. The fraction of sp³-hybridized carbons (Fsp3) is 0.500. The highest BCUT2D eigenvalue weighted by Crippen LogP contribution is 2.29. The number of aromatic nitrogens is 6. The molecule has 9 nitrogen and oxygen atoms in total. The van der Waals surface area contributed by atoms with E-state index in [-0.39, 0.29) is 5.56 Å². The number of imidazole rings is 1. The molecule has 33 heavy (non-hydrogen) atoms. The summed E-state index contributed by atoms with van der Waals surface area (Å²) in [5, 5.41) is 1.32. The second-order valence-electron chi connectivity index (χ2n) is 7.90. The molecular weight excluding hydrogens is 460 g/mol. The second kappa shape index (κ2) is 9.30. The molecule has 0 aliphatic carbocycles. The van der Waals surface area contributed by atoms with Gasteiger partial charge in [-0.1, -0.05) is 25.1 Å². The predicted octanol–water partition coefficient (Wildman–Crippen LogP) is 3.41. The van der Waals surface area contributed by atoms with Gasteiger partial charge in [0.1, 0.15) is 10.7 Å². The Morgan fingerprint density at radius 1 is 1.00 bits per heavy atom. The summed E-state index contributed by atoms with van der Waals surface area (Å²) in [4.78, 5) is 51.9. The van der Waals surface area contributed by atoms with Crippen molar-refractivity contribution in [1.82, 2.24) is 28.7 Å². The summed E-state index contributed by atoms with van der Waals surface area (Å²) in [5.74, 6) is 1.10. The van der Waals surface area contributed by atoms with Crippen molar-refractivity contribution in [3.8, 4) is 0 Å². The Hall–Kier alpha value is -2.66. The number of nitrogens with zero attached hydrogens (tertiary/aromatic N) is 5. The highest BCUT2D eigenvalue weighted by Gasteiger charge is 2.20. The van der Waals surface area contributed by atoms with Crippen molar-refractivity contribution in [2.75, 3.05) is 0 Å². The first kappa shape index (κ1) is 23.5. The topological polar surface area (TPSA) is 108 Å². The number of fused-ring (bicyclic) bond motifs is 2. The summed E-state index contributed by atoms with van der Waals surface area (Å²) in [6, 6.07) is 0. The Morgan fingerprint density at radius 2 is 1.73 bits per heavy atom. The molecule has 0 aliphatic rings. The number of unbranched alkanes of at least 4 members (excludes halogenated alkanes) is 1. The van der Waals surface area contributed by atoms with Gasteiger partial charge in [-0.05, 0) is 39.7 Å². The van der Waals surface area contributed by atoms with Crippen molar-refractivity contribution >= 4 is 44.5 Å². The average Bonchev–Trinajstić information content (AvgIpc) is 3.29. The Morgan fingerprint density at radius 3 is 2.39 bits per heavy atom. The maximum atomic E-state index is 13.1. The summed E-state index contributed by atoms with van der Waals surface area (Å²) in [6.45, 7) is 11.4. The SMILES string of the molecule is CCCCn1c(=O)[nH]c(=O)c2c1nc(CSc1nc3sc(C)c(C)c3c(=O)n1CC)n2CC. The van der Waals surface area contributed by atoms with Crippen LogP contribution in [0.4, 0.5) is 0 Å². The molecular formula is C22H28N6O3S2. The van der Waals surface area contributed by atoms with Crippen LogP contribution in [0.3, 0.4) is 0 Å². The molecule has 0 aliphatic heterocycles. The molecule has 1 N–H and O–H groups in total. The van der Waals surface area contributed by atoms with Gasteiger partial charge >= 0.3 is 5.69 Å². The minimum absolute atomic E-state index is 0.0271. The number of thiophene rings is 1. The summed E-state index contributed by atoms with van der Waals surface area (Å²) in [6.07, 6.45) is 1.74. The second-order valence-corrected chi connectivity index (χ2v) is 10.1. The molecule has 0 radical (unpaired) electrons. The molecule has 4 aromatic rings. The molecule has 0 saturated carbocycles. The highest BCUT2D eigenvalue weighted by molar-refractivity contribution is 7.98. The maximum absolute atomic E-state index is 13.1. The van der Waals surface area contributed by atoms with Gasteiger partial charge < -0.3 is 4.57 Å². The molecule has 176 valence electrons. The lowest BCUT2D eigenvalue weighted by Gasteiger charge is -2.10. The first-order valence-corrected chi connectivity index (χ1v) is 13.0. The molecule has 0 fully saturated rings. The average molecular weight is 489 g/mol. The standard InChI is InChI=1S/C22H28N6O3S2/c1-6-9-10-28-17-16(18(29)24-21(28)31)26(7-2)14(23-17)11-32-22-25-19-15(12(4)13(5)33-19)20(30)27(22)8-3/h6-11H2,1-5H3,(H,24,29,31). The Labute approximate surface area is 198 Å². The van der Waals surface area contributed by atoms with Crippen LogP contribution in [0.15, 0.2) is 19.5 Å². The van der Waals surface area contributed by atoms with E-state index in [9.17, 15) is 14.4 Å². The minimum atomic E-state index is -0.434. The molecule has 0 unspecified atom stereocenters. The third-order valence-electron chi connectivity index (χ3n) is 5.92. The van der Waals surface area contributed by atoms with Crippen molar-refractivity contribution in [2.24, 2.45) is 0 Å². The molecule has 4 rings (SSSR count). The minimum Gasteiger partial charge on any atom is -0.322 e. The van der Waals surface area contributed by atoms with E-state index in [1.54, 1.807) is 9.13 Å². The molecule has 4 aromatic heterocycles. The zero-order valence-corrected chi connectivity index (χ0v) is 21.2. The Balaban J connectivity index is 1.80. The van der Waals surface area contributed by atoms with Gasteiger partial charge in [0, 0.05) is 24.5 Å². The lowest BCUT2D eigenvalue weighted by Crippen LogP contribution is -2.31. The van der Waals surface area contributed by atoms with Crippen molar-refractivity contribution in [1.29, 1.82) is 0 Å². The van der Waals surface area contributed by atoms with Crippen molar-refractivity contribution in [3.05, 3.63) is 47.5 Å². The van der Waals surface area contributed by atoms with Gasteiger partial charge in [0.05, 0.1) is 11.1 Å². The van der Waals surface area contributed by atoms with E-state index in [0.717, 1.165) is 28.1 Å². The third-order valence-corrected chi connectivity index (χ3v) is 7.99. The van der Waals surface area contributed by atoms with Crippen LogP contribution in [-0.4, -0.2) is 28.7 Å². The van der Waals surface area contributed by atoms with Gasteiger partial charge in [0.25, 0.3) is 11.1 Å². The molecule has 0 aromatic carbocycles. The largest absolute Gasteiger partial charge is 0.330 e. The summed E-state index contributed by atoms with van der Waals surface area (Å²) < 4.78 is 5.08. The van der Waals surface area contributed by atoms with E-state index in [1.165, 1.54) is 23.1 Å². The van der Waals surface area contributed by atoms with Gasteiger partial charge in [0.15, 0.2) is 16.3 Å². The Bertz CT molecular complexity index is 1520. The van der Waals surface area contributed by atoms with Crippen LogP contribution in [0.2, 0.25) is 0 Å². The highest BCUT2D eigenvalue weighted by atomic mass is 32.2. The molecule has 0 bridgehead atoms. The predicted molar refractivity (Wildman–Crippen MR) is 134 cm³/mol. The molecule has 11 heteroatoms. The molecule has 0 spiro atoms. The first-order chi connectivity index (χ1) is 15.8. The van der Waals surface area contributed by atoms with E-state index < -0.39 is 11.2 Å². The quantitative estimate of drug-likeness (QED) is 0.301. The van der Waals surface area contributed by atoms with E-state index in [1.807, 2.05) is 39.2 Å². The first-order valence-electron chi connectivity index (χ1n) is 11.2. The number of H-pyrrole nitrogens is 1. The van der Waals surface area contributed by atoms with Crippen LogP contribution in [0.25, 0.3) is 21.4 Å². The zero-order chi connectivity index (χ0) is 23.9. The van der Waals surface area contributed by atoms with Crippen LogP contribution in [0, 0.1) is 13.8 Å². The van der Waals surface area contributed by atoms with Crippen LogP contribution in [0.5, 0.6) is 0 Å². The van der Waals surface area contributed by atoms with Gasteiger partial charge in [-0.25, -0.2) is 14.8 Å². The van der Waals surface area contributed by atoms with Gasteiger partial charge in [0.2, 0.25) is 0 Å². The summed E-state index contributed by atoms with van der Waals surface area (Å²) in [5.41, 5.74) is 0.920. The number of aromatic amines is 1. The van der Waals surface area contributed by atoms with E-state index >= 15 is 0 Å². The smallest absolute Gasteiger partial charge is 0.322 e. The van der Waals surface area contributed by atoms with Crippen molar-refractivity contribution < 1.29 is 0 Å². The number of thioether (sulfide) groups is 1. The molecule has 4 heterocycles. The van der Waals surface area contributed by atoms with Gasteiger partial charge in [-0.3, -0.25) is 23.7 Å². The van der Waals surface area contributed by atoms with E-state index in [0.29, 0.717) is 52.9 Å². The van der Waals surface area contributed by atoms with Crippen LogP contribution in [0.1, 0.15) is 49.9 Å². The number of aryl methyl sites for hydroxylation is 4. The third kappa shape index (κ3) is 3.97. The molecule has 0 amide bonds. The fourth-order valence-corrected chi connectivity index (χ4v) is 6.10. The van der Waals surface area contributed by atoms with Crippen LogP contribution >= 0.6 is 23.1 Å². The zero-order valence-electron chi connectivity index (χ0n) is 19.5. The monoisotopic (exact) mass is 488 g/mol.